The maximum atomic E-state index is 3.77. The van der Waals surface area contributed by atoms with E-state index in [0.717, 1.165) is 6.42 Å². The van der Waals surface area contributed by atoms with Crippen molar-refractivity contribution in [2.24, 2.45) is 0 Å². The summed E-state index contributed by atoms with van der Waals surface area (Å²) in [6.45, 7) is 5.96. The summed E-state index contributed by atoms with van der Waals surface area (Å²) in [5.41, 5.74) is 2.80. The Labute approximate surface area is 62.9 Å². The fraction of sp³-hybridized carbons (Fsp3) is 0.400. The van der Waals surface area contributed by atoms with Gasteiger partial charge in [0.15, 0.2) is 0 Å². The van der Waals surface area contributed by atoms with Gasteiger partial charge in [0.25, 0.3) is 0 Å². The maximum absolute atomic E-state index is 3.77. The number of rotatable bonds is 2. The Kier molecular flexibility index (Phi) is 2.49. The summed E-state index contributed by atoms with van der Waals surface area (Å²) in [6.07, 6.45) is 10.1. The van der Waals surface area contributed by atoms with Crippen LogP contribution in [0.5, 0.6) is 0 Å². The second-order valence-electron chi connectivity index (χ2n) is 2.52. The molecule has 0 fully saturated rings. The first-order chi connectivity index (χ1) is 4.88. The lowest BCUT2D eigenvalue weighted by Gasteiger charge is -2.10. The van der Waals surface area contributed by atoms with Gasteiger partial charge < -0.3 is 0 Å². The third kappa shape index (κ3) is 1.38. The lowest BCUT2D eigenvalue weighted by molar-refractivity contribution is 0.966. The Balaban J connectivity index is 2.76. The molecular weight excluding hydrogens is 120 g/mol. The molecule has 0 aromatic heterocycles. The van der Waals surface area contributed by atoms with Gasteiger partial charge in [-0.25, -0.2) is 0 Å². The van der Waals surface area contributed by atoms with Crippen molar-refractivity contribution >= 4 is 0 Å². The molecule has 0 aromatic rings. The molecule has 0 heteroatoms. The van der Waals surface area contributed by atoms with Crippen molar-refractivity contribution in [2.75, 3.05) is 0 Å². The van der Waals surface area contributed by atoms with Crippen LogP contribution in [0.4, 0.5) is 0 Å². The minimum atomic E-state index is 1.14. The molecular formula is C10H14. The van der Waals surface area contributed by atoms with Gasteiger partial charge in [-0.2, -0.15) is 0 Å². The van der Waals surface area contributed by atoms with E-state index in [-0.39, 0.29) is 0 Å². The van der Waals surface area contributed by atoms with Gasteiger partial charge in [0.05, 0.1) is 0 Å². The van der Waals surface area contributed by atoms with Crippen LogP contribution in [-0.2, 0) is 0 Å². The smallest absolute Gasteiger partial charge is 0.0274 e. The molecule has 54 valence electrons. The van der Waals surface area contributed by atoms with Crippen molar-refractivity contribution in [1.29, 1.82) is 0 Å². The van der Waals surface area contributed by atoms with Crippen LogP contribution in [0.15, 0.2) is 36.0 Å². The lowest BCUT2D eigenvalue weighted by atomic mass is 9.96. The van der Waals surface area contributed by atoms with E-state index in [0.29, 0.717) is 0 Å². The van der Waals surface area contributed by atoms with Gasteiger partial charge in [-0.15, -0.1) is 0 Å². The Hall–Kier alpha value is -0.780. The number of hydrogen-bond acceptors (Lipinski definition) is 0. The first-order valence-corrected chi connectivity index (χ1v) is 3.90. The van der Waals surface area contributed by atoms with E-state index in [2.05, 4.69) is 25.7 Å². The van der Waals surface area contributed by atoms with Crippen molar-refractivity contribution in [3.05, 3.63) is 36.0 Å². The molecule has 0 radical (unpaired) electrons. The fourth-order valence-electron chi connectivity index (χ4n) is 1.31. The monoisotopic (exact) mass is 134 g/mol. The van der Waals surface area contributed by atoms with Gasteiger partial charge in [-0.3, -0.25) is 0 Å². The van der Waals surface area contributed by atoms with Gasteiger partial charge in [0.2, 0.25) is 0 Å². The van der Waals surface area contributed by atoms with Crippen LogP contribution in [0.2, 0.25) is 0 Å². The van der Waals surface area contributed by atoms with Crippen LogP contribution in [0.1, 0.15) is 26.2 Å². The summed E-state index contributed by atoms with van der Waals surface area (Å²) < 4.78 is 0. The van der Waals surface area contributed by atoms with Crippen LogP contribution >= 0.6 is 0 Å². The molecule has 1 aliphatic carbocycles. The predicted molar refractivity (Wildman–Crippen MR) is 45.9 cm³/mol. The van der Waals surface area contributed by atoms with E-state index in [9.17, 15) is 0 Å². The highest BCUT2D eigenvalue weighted by Crippen LogP contribution is 2.21. The largest absolute Gasteiger partial charge is 0.0985 e. The van der Waals surface area contributed by atoms with Crippen molar-refractivity contribution in [2.45, 2.75) is 26.2 Å². The highest BCUT2D eigenvalue weighted by Gasteiger charge is 2.01. The quantitative estimate of drug-likeness (QED) is 0.544. The zero-order chi connectivity index (χ0) is 7.40. The molecule has 0 bridgehead atoms. The van der Waals surface area contributed by atoms with Crippen molar-refractivity contribution < 1.29 is 0 Å². The molecule has 0 aliphatic heterocycles. The van der Waals surface area contributed by atoms with Crippen molar-refractivity contribution in [1.82, 2.24) is 0 Å². The molecule has 1 rings (SSSR count). The molecule has 0 N–H and O–H groups in total. The summed E-state index contributed by atoms with van der Waals surface area (Å²) in [5.74, 6) is 0. The van der Waals surface area contributed by atoms with Gasteiger partial charge in [-0.1, -0.05) is 31.7 Å². The summed E-state index contributed by atoms with van der Waals surface area (Å²) in [4.78, 5) is 0. The zero-order valence-corrected chi connectivity index (χ0v) is 6.56. The van der Waals surface area contributed by atoms with E-state index < -0.39 is 0 Å². The molecule has 0 unspecified atom stereocenters. The summed E-state index contributed by atoms with van der Waals surface area (Å²) in [7, 11) is 0. The van der Waals surface area contributed by atoms with Crippen LogP contribution in [0.25, 0.3) is 0 Å². The van der Waals surface area contributed by atoms with E-state index in [1.807, 2.05) is 6.08 Å². The van der Waals surface area contributed by atoms with Crippen LogP contribution in [0.3, 0.4) is 0 Å². The number of allylic oxidation sites excluding steroid dienone is 5. The van der Waals surface area contributed by atoms with E-state index in [1.54, 1.807) is 0 Å². The molecule has 0 saturated heterocycles. The van der Waals surface area contributed by atoms with Crippen LogP contribution < -0.4 is 0 Å². The standard InChI is InChI=1S/C10H14/c1-3-9-7-5-6-8-10(9)4-2/h3,7-8H,1,4-6H2,2H3. The Morgan fingerprint density at radius 1 is 1.50 bits per heavy atom. The average Bonchev–Trinajstić information content (AvgIpc) is 2.04. The molecule has 0 atom stereocenters. The first-order valence-electron chi connectivity index (χ1n) is 3.90. The number of hydrogen-bond donors (Lipinski definition) is 0. The maximum Gasteiger partial charge on any atom is -0.0274 e. The topological polar surface area (TPSA) is 0 Å². The SMILES string of the molecule is C=CC1=CCCC=C1CC. The third-order valence-corrected chi connectivity index (χ3v) is 1.89. The summed E-state index contributed by atoms with van der Waals surface area (Å²) >= 11 is 0. The molecule has 0 saturated carbocycles. The molecule has 0 heterocycles. The van der Waals surface area contributed by atoms with E-state index in [1.165, 1.54) is 24.0 Å². The van der Waals surface area contributed by atoms with E-state index in [4.69, 9.17) is 0 Å². The van der Waals surface area contributed by atoms with Crippen molar-refractivity contribution in [3.63, 3.8) is 0 Å². The minimum Gasteiger partial charge on any atom is -0.0985 e. The highest BCUT2D eigenvalue weighted by atomic mass is 14.1. The van der Waals surface area contributed by atoms with Gasteiger partial charge in [0.1, 0.15) is 0 Å². The molecule has 10 heavy (non-hydrogen) atoms. The van der Waals surface area contributed by atoms with Gasteiger partial charge in [-0.05, 0) is 30.4 Å². The normalized spacial score (nSPS) is 17.7. The Bertz CT molecular complexity index is 182. The molecule has 1 aliphatic rings. The Morgan fingerprint density at radius 2 is 2.20 bits per heavy atom. The minimum absolute atomic E-state index is 1.14. The van der Waals surface area contributed by atoms with Crippen LogP contribution in [0, 0.1) is 0 Å². The second kappa shape index (κ2) is 3.40. The molecule has 0 spiro atoms. The van der Waals surface area contributed by atoms with Crippen molar-refractivity contribution in [3.8, 4) is 0 Å². The lowest BCUT2D eigenvalue weighted by Crippen LogP contribution is -1.90. The average molecular weight is 134 g/mol. The molecule has 0 aromatic carbocycles. The fourth-order valence-corrected chi connectivity index (χ4v) is 1.31. The third-order valence-electron chi connectivity index (χ3n) is 1.89. The summed E-state index contributed by atoms with van der Waals surface area (Å²) in [5, 5.41) is 0. The Morgan fingerprint density at radius 3 is 2.70 bits per heavy atom. The van der Waals surface area contributed by atoms with E-state index >= 15 is 0 Å². The zero-order valence-electron chi connectivity index (χ0n) is 6.56. The van der Waals surface area contributed by atoms with Crippen LogP contribution in [-0.4, -0.2) is 0 Å². The highest BCUT2D eigenvalue weighted by molar-refractivity contribution is 5.40. The second-order valence-corrected chi connectivity index (χ2v) is 2.52. The molecule has 0 nitrogen and oxygen atoms in total. The first kappa shape index (κ1) is 7.33. The van der Waals surface area contributed by atoms with Gasteiger partial charge >= 0.3 is 0 Å². The predicted octanol–water partition coefficient (Wildman–Crippen LogP) is 3.23. The summed E-state index contributed by atoms with van der Waals surface area (Å²) in [6, 6.07) is 0. The molecule has 0 amide bonds. The van der Waals surface area contributed by atoms with Gasteiger partial charge in [0, 0.05) is 0 Å².